The molecule has 7 rings (SSSR count). The van der Waals surface area contributed by atoms with E-state index < -0.39 is 0 Å². The zero-order valence-electron chi connectivity index (χ0n) is 23.9. The highest BCUT2D eigenvalue weighted by molar-refractivity contribution is 7.15. The van der Waals surface area contributed by atoms with Crippen molar-refractivity contribution in [3.8, 4) is 28.4 Å². The number of nitrogens with zero attached hydrogens (tertiary/aromatic N) is 5. The third-order valence-corrected chi connectivity index (χ3v) is 8.14. The fourth-order valence-corrected chi connectivity index (χ4v) is 5.91. The molecule has 3 aromatic heterocycles. The second-order valence-electron chi connectivity index (χ2n) is 10.2. The molecule has 4 heterocycles. The number of benzene rings is 3. The Kier molecular flexibility index (Phi) is 7.61. The van der Waals surface area contributed by atoms with Gasteiger partial charge >= 0.3 is 0 Å². The molecule has 1 fully saturated rings. The smallest absolute Gasteiger partial charge is 0.255 e. The molecule has 1 aliphatic heterocycles. The minimum absolute atomic E-state index is 0.225. The number of carbonyl (C=O) groups excluding carboxylic acids is 1. The summed E-state index contributed by atoms with van der Waals surface area (Å²) >= 11 is 1.55. The third-order valence-electron chi connectivity index (χ3n) is 7.39. The second-order valence-corrected chi connectivity index (χ2v) is 11.0. The van der Waals surface area contributed by atoms with Crippen LogP contribution in [0.25, 0.3) is 27.6 Å². The van der Waals surface area contributed by atoms with Gasteiger partial charge in [0.05, 0.1) is 31.7 Å². The lowest BCUT2D eigenvalue weighted by Gasteiger charge is -2.28. The number of fused-ring (bicyclic) bond motifs is 1. The Balaban J connectivity index is 1.16. The number of hydrogen-bond donors (Lipinski definition) is 2. The van der Waals surface area contributed by atoms with E-state index in [4.69, 9.17) is 19.4 Å². The summed E-state index contributed by atoms with van der Waals surface area (Å²) in [6, 6.07) is 24.9. The van der Waals surface area contributed by atoms with Crippen LogP contribution in [0.4, 0.5) is 23.0 Å². The SMILES string of the molecule is COc1cccc(C(=O)Nc2cccc(-c3nc4sccn4c3-c3ccnc(Nc4ccc(N5CCOCC5)cc4)n3)c2)c1. The maximum atomic E-state index is 13.0. The topological polar surface area (TPSA) is 106 Å². The largest absolute Gasteiger partial charge is 0.497 e. The van der Waals surface area contributed by atoms with Gasteiger partial charge in [-0.3, -0.25) is 9.20 Å². The molecule has 11 heteroatoms. The van der Waals surface area contributed by atoms with Crippen molar-refractivity contribution < 1.29 is 14.3 Å². The van der Waals surface area contributed by atoms with Crippen molar-refractivity contribution in [2.75, 3.05) is 48.9 Å². The average Bonchev–Trinajstić information content (AvgIpc) is 3.68. The lowest BCUT2D eigenvalue weighted by atomic mass is 10.1. The Hall–Kier alpha value is -5.26. The number of carbonyl (C=O) groups is 1. The van der Waals surface area contributed by atoms with Gasteiger partial charge in [-0.1, -0.05) is 18.2 Å². The number of anilines is 4. The van der Waals surface area contributed by atoms with Crippen molar-refractivity contribution in [1.29, 1.82) is 0 Å². The zero-order chi connectivity index (χ0) is 29.9. The van der Waals surface area contributed by atoms with Crippen LogP contribution in [0, 0.1) is 0 Å². The molecule has 10 nitrogen and oxygen atoms in total. The van der Waals surface area contributed by atoms with E-state index in [2.05, 4.69) is 32.7 Å². The highest BCUT2D eigenvalue weighted by Gasteiger charge is 2.19. The van der Waals surface area contributed by atoms with E-state index in [-0.39, 0.29) is 5.91 Å². The summed E-state index contributed by atoms with van der Waals surface area (Å²) in [7, 11) is 1.58. The van der Waals surface area contributed by atoms with Gasteiger partial charge in [0.15, 0.2) is 4.96 Å². The number of hydrogen-bond acceptors (Lipinski definition) is 9. The molecule has 0 radical (unpaired) electrons. The second kappa shape index (κ2) is 12.2. The Labute approximate surface area is 258 Å². The number of ether oxygens (including phenoxy) is 2. The first-order valence-corrected chi connectivity index (χ1v) is 15.1. The summed E-state index contributed by atoms with van der Waals surface area (Å²) in [6.45, 7) is 3.27. The molecule has 0 spiro atoms. The van der Waals surface area contributed by atoms with E-state index in [0.29, 0.717) is 22.9 Å². The molecule has 0 bridgehead atoms. The summed E-state index contributed by atoms with van der Waals surface area (Å²) in [6.07, 6.45) is 3.73. The van der Waals surface area contributed by atoms with Gasteiger partial charge in [-0.2, -0.15) is 0 Å². The van der Waals surface area contributed by atoms with Gasteiger partial charge < -0.3 is 25.0 Å². The van der Waals surface area contributed by atoms with Crippen LogP contribution in [0.15, 0.2) is 96.6 Å². The number of aromatic nitrogens is 4. The molecule has 2 N–H and O–H groups in total. The fourth-order valence-electron chi connectivity index (χ4n) is 5.20. The molecule has 3 aromatic carbocycles. The number of imidazole rings is 1. The normalized spacial score (nSPS) is 13.2. The Morgan fingerprint density at radius 3 is 2.64 bits per heavy atom. The minimum atomic E-state index is -0.225. The van der Waals surface area contributed by atoms with Crippen LogP contribution in [-0.2, 0) is 4.74 Å². The molecule has 220 valence electrons. The molecular weight excluding hydrogens is 574 g/mol. The molecule has 6 aromatic rings. The molecule has 44 heavy (non-hydrogen) atoms. The quantitative estimate of drug-likeness (QED) is 0.207. The maximum absolute atomic E-state index is 13.0. The molecule has 1 saturated heterocycles. The number of methoxy groups -OCH3 is 1. The van der Waals surface area contributed by atoms with Crippen molar-refractivity contribution in [1.82, 2.24) is 19.4 Å². The van der Waals surface area contributed by atoms with Crippen LogP contribution in [0.1, 0.15) is 10.4 Å². The number of nitrogens with one attached hydrogen (secondary N) is 2. The lowest BCUT2D eigenvalue weighted by Crippen LogP contribution is -2.36. The highest BCUT2D eigenvalue weighted by atomic mass is 32.1. The zero-order valence-corrected chi connectivity index (χ0v) is 24.8. The van der Waals surface area contributed by atoms with Gasteiger partial charge in [-0.25, -0.2) is 15.0 Å². The summed E-state index contributed by atoms with van der Waals surface area (Å²) in [4.78, 5) is 30.5. The van der Waals surface area contributed by atoms with Crippen LogP contribution in [0.5, 0.6) is 5.75 Å². The third kappa shape index (κ3) is 5.70. The monoisotopic (exact) mass is 603 g/mol. The number of morpholine rings is 1. The van der Waals surface area contributed by atoms with Crippen molar-refractivity contribution in [2.45, 2.75) is 0 Å². The van der Waals surface area contributed by atoms with Gasteiger partial charge in [-0.05, 0) is 60.7 Å². The standard InChI is InChI=1S/C33H29N7O3S/c1-42-27-7-3-5-23(21-27)31(41)35-25-6-2-4-22(20-25)29-30(40-16-19-44-33(40)38-29)28-12-13-34-32(37-28)36-24-8-10-26(11-9-24)39-14-17-43-18-15-39/h2-13,16,19-21H,14-15,17-18H2,1H3,(H,35,41)(H,34,36,37). The van der Waals surface area contributed by atoms with Gasteiger partial charge in [0.2, 0.25) is 5.95 Å². The van der Waals surface area contributed by atoms with Crippen LogP contribution < -0.4 is 20.3 Å². The molecule has 0 atom stereocenters. The van der Waals surface area contributed by atoms with Crippen molar-refractivity contribution >= 4 is 45.2 Å². The van der Waals surface area contributed by atoms with Gasteiger partial charge in [0.25, 0.3) is 5.91 Å². The maximum Gasteiger partial charge on any atom is 0.255 e. The lowest BCUT2D eigenvalue weighted by molar-refractivity contribution is 0.102. The fraction of sp³-hybridized carbons (Fsp3) is 0.152. The molecule has 0 aliphatic carbocycles. The molecular formula is C33H29N7O3S. The van der Waals surface area contributed by atoms with Crippen molar-refractivity contribution in [3.63, 3.8) is 0 Å². The van der Waals surface area contributed by atoms with E-state index in [1.165, 1.54) is 5.69 Å². The molecule has 0 unspecified atom stereocenters. The van der Waals surface area contributed by atoms with E-state index in [0.717, 1.165) is 59.6 Å². The van der Waals surface area contributed by atoms with E-state index in [1.807, 2.05) is 58.4 Å². The summed E-state index contributed by atoms with van der Waals surface area (Å²) in [5.41, 5.74) is 6.40. The van der Waals surface area contributed by atoms with Crippen molar-refractivity contribution in [3.05, 3.63) is 102 Å². The number of rotatable bonds is 8. The molecule has 1 amide bonds. The van der Waals surface area contributed by atoms with Gasteiger partial charge in [0, 0.05) is 59.1 Å². The Morgan fingerprint density at radius 2 is 1.80 bits per heavy atom. The van der Waals surface area contributed by atoms with Gasteiger partial charge in [0.1, 0.15) is 11.4 Å². The summed E-state index contributed by atoms with van der Waals surface area (Å²) < 4.78 is 12.8. The van der Waals surface area contributed by atoms with E-state index >= 15 is 0 Å². The predicted molar refractivity (Wildman–Crippen MR) is 173 cm³/mol. The molecule has 1 aliphatic rings. The summed E-state index contributed by atoms with van der Waals surface area (Å²) in [5.74, 6) is 0.881. The minimum Gasteiger partial charge on any atom is -0.497 e. The first-order chi connectivity index (χ1) is 21.6. The van der Waals surface area contributed by atoms with Crippen LogP contribution in [0.3, 0.4) is 0 Å². The first kappa shape index (κ1) is 27.6. The Morgan fingerprint density at radius 1 is 0.955 bits per heavy atom. The van der Waals surface area contributed by atoms with E-state index in [1.54, 1.807) is 48.9 Å². The number of amides is 1. The first-order valence-electron chi connectivity index (χ1n) is 14.2. The number of thiazole rings is 1. The predicted octanol–water partition coefficient (Wildman–Crippen LogP) is 6.36. The van der Waals surface area contributed by atoms with Gasteiger partial charge in [-0.15, -0.1) is 11.3 Å². The molecule has 0 saturated carbocycles. The van der Waals surface area contributed by atoms with Crippen LogP contribution >= 0.6 is 11.3 Å². The van der Waals surface area contributed by atoms with Crippen LogP contribution in [0.2, 0.25) is 0 Å². The highest BCUT2D eigenvalue weighted by Crippen LogP contribution is 2.35. The average molecular weight is 604 g/mol. The summed E-state index contributed by atoms with van der Waals surface area (Å²) in [5, 5.41) is 8.34. The Bertz CT molecular complexity index is 1930. The van der Waals surface area contributed by atoms with Crippen LogP contribution in [-0.4, -0.2) is 58.7 Å². The van der Waals surface area contributed by atoms with E-state index in [9.17, 15) is 4.79 Å². The van der Waals surface area contributed by atoms with Crippen molar-refractivity contribution in [2.24, 2.45) is 0 Å².